The maximum absolute atomic E-state index is 14.3. The molecular formula is C41H46ClN3O9S. The van der Waals surface area contributed by atoms with Gasteiger partial charge in [-0.25, -0.2) is 4.79 Å². The third-order valence-corrected chi connectivity index (χ3v) is 11.1. The summed E-state index contributed by atoms with van der Waals surface area (Å²) >= 11 is 8.11. The molecule has 292 valence electrons. The zero-order valence-corrected chi connectivity index (χ0v) is 33.4. The number of methoxy groups -OCH3 is 2. The molecule has 2 heterocycles. The summed E-state index contributed by atoms with van der Waals surface area (Å²) in [6.07, 6.45) is -1.06. The van der Waals surface area contributed by atoms with Gasteiger partial charge in [-0.15, -0.1) is 11.8 Å². The molecule has 55 heavy (non-hydrogen) atoms. The number of para-hydroxylation sites is 1. The Bertz CT molecular complexity index is 1940. The van der Waals surface area contributed by atoms with Crippen molar-refractivity contribution in [2.45, 2.75) is 42.9 Å². The summed E-state index contributed by atoms with van der Waals surface area (Å²) in [7, 11) is 4.79. The number of carbonyl (C=O) groups excluding carboxylic acids is 4. The average Bonchev–Trinajstić information content (AvgIpc) is 3.28. The van der Waals surface area contributed by atoms with Gasteiger partial charge >= 0.3 is 17.9 Å². The molecule has 3 aromatic carbocycles. The predicted octanol–water partition coefficient (Wildman–Crippen LogP) is 6.27. The molecular weight excluding hydrogens is 746 g/mol. The van der Waals surface area contributed by atoms with Gasteiger partial charge in [-0.3, -0.25) is 19.4 Å². The third kappa shape index (κ3) is 9.77. The molecule has 0 saturated heterocycles. The smallest absolute Gasteiger partial charge is 0.336 e. The molecule has 2 unspecified atom stereocenters. The average molecular weight is 792 g/mol. The first kappa shape index (κ1) is 41.5. The summed E-state index contributed by atoms with van der Waals surface area (Å²) in [4.78, 5) is 62.4. The number of nitrogens with zero attached hydrogens (tertiary/aromatic N) is 3. The molecule has 2 aliphatic rings. The molecule has 0 aromatic heterocycles. The first-order chi connectivity index (χ1) is 26.5. The fraction of sp³-hybridized carbons (Fsp3) is 0.390. The number of amides is 1. The van der Waals surface area contributed by atoms with Crippen molar-refractivity contribution in [1.82, 2.24) is 4.90 Å². The maximum atomic E-state index is 14.3. The van der Waals surface area contributed by atoms with Gasteiger partial charge in [-0.2, -0.15) is 0 Å². The molecule has 0 aliphatic carbocycles. The zero-order chi connectivity index (χ0) is 39.6. The number of thioether (sulfide) groups is 1. The molecule has 0 radical (unpaired) electrons. The second-order valence-corrected chi connectivity index (χ2v) is 14.6. The van der Waals surface area contributed by atoms with Gasteiger partial charge in [-0.05, 0) is 62.4 Å². The van der Waals surface area contributed by atoms with Crippen molar-refractivity contribution in [3.63, 3.8) is 0 Å². The highest BCUT2D eigenvalue weighted by molar-refractivity contribution is 7.99. The van der Waals surface area contributed by atoms with Crippen LogP contribution in [0.1, 0.15) is 43.1 Å². The lowest BCUT2D eigenvalue weighted by molar-refractivity contribution is -0.152. The summed E-state index contributed by atoms with van der Waals surface area (Å²) in [6.45, 7) is 6.34. The van der Waals surface area contributed by atoms with E-state index in [1.165, 1.54) is 25.8 Å². The van der Waals surface area contributed by atoms with E-state index in [0.29, 0.717) is 47.4 Å². The van der Waals surface area contributed by atoms with Crippen LogP contribution in [0.5, 0.6) is 5.75 Å². The van der Waals surface area contributed by atoms with Crippen LogP contribution >= 0.6 is 23.4 Å². The molecule has 12 nitrogen and oxygen atoms in total. The number of likely N-dealkylation sites (N-methyl/N-ethyl adjacent to an activating group) is 1. The van der Waals surface area contributed by atoms with Crippen molar-refractivity contribution in [3.05, 3.63) is 100 Å². The number of benzene rings is 3. The number of ether oxygens (including phenoxy) is 5. The van der Waals surface area contributed by atoms with Crippen LogP contribution in [0.2, 0.25) is 5.02 Å². The quantitative estimate of drug-likeness (QED) is 0.0980. The molecule has 5 rings (SSSR count). The van der Waals surface area contributed by atoms with E-state index in [9.17, 15) is 19.2 Å². The van der Waals surface area contributed by atoms with E-state index in [-0.39, 0.29) is 31.3 Å². The normalized spacial score (nSPS) is 19.7. The van der Waals surface area contributed by atoms with E-state index in [0.717, 1.165) is 16.1 Å². The highest BCUT2D eigenvalue weighted by Gasteiger charge is 2.44. The van der Waals surface area contributed by atoms with Crippen molar-refractivity contribution in [1.29, 1.82) is 0 Å². The van der Waals surface area contributed by atoms with Crippen LogP contribution in [0.3, 0.4) is 0 Å². The van der Waals surface area contributed by atoms with Gasteiger partial charge in [0.05, 0.1) is 56.2 Å². The van der Waals surface area contributed by atoms with Gasteiger partial charge < -0.3 is 33.5 Å². The minimum Gasteiger partial charge on any atom is -0.497 e. The van der Waals surface area contributed by atoms with E-state index in [1.807, 2.05) is 60.5 Å². The molecule has 14 heteroatoms. The van der Waals surface area contributed by atoms with Gasteiger partial charge in [0.1, 0.15) is 11.7 Å². The van der Waals surface area contributed by atoms with Gasteiger partial charge in [0.15, 0.2) is 6.10 Å². The number of rotatable bonds is 15. The molecule has 0 N–H and O–H groups in total. The summed E-state index contributed by atoms with van der Waals surface area (Å²) in [5, 5.41) is -0.0979. The van der Waals surface area contributed by atoms with E-state index >= 15 is 0 Å². The van der Waals surface area contributed by atoms with E-state index in [4.69, 9.17) is 35.3 Å². The molecule has 0 saturated carbocycles. The Labute approximate surface area is 330 Å². The molecule has 0 fully saturated rings. The number of aliphatic imine (C=N–C) groups is 1. The SMILES string of the molecule is CCOC(=O)C1=C(COCCN(C)CCN2C(=O)[C@H](OC(C)=O)[C@H](c3ccc(OC)cc3)Sc3ccccc32)N=C(C)C(C(=O)OC)C1c1ccccc1Cl. The number of hydrogen-bond acceptors (Lipinski definition) is 12. The Kier molecular flexibility index (Phi) is 14.5. The van der Waals surface area contributed by atoms with Crippen LogP contribution in [0.25, 0.3) is 0 Å². The summed E-state index contributed by atoms with van der Waals surface area (Å²) in [6, 6.07) is 22.1. The second-order valence-electron chi connectivity index (χ2n) is 13.0. The molecule has 0 spiro atoms. The predicted molar refractivity (Wildman–Crippen MR) is 211 cm³/mol. The first-order valence-electron chi connectivity index (χ1n) is 17.9. The van der Waals surface area contributed by atoms with Crippen molar-refractivity contribution in [2.75, 3.05) is 65.6 Å². The van der Waals surface area contributed by atoms with Gasteiger partial charge in [-0.1, -0.05) is 54.1 Å². The first-order valence-corrected chi connectivity index (χ1v) is 19.2. The number of halogens is 1. The number of anilines is 1. The topological polar surface area (TPSA) is 133 Å². The molecule has 0 bridgehead atoms. The van der Waals surface area contributed by atoms with Crippen molar-refractivity contribution < 1.29 is 42.9 Å². The lowest BCUT2D eigenvalue weighted by Crippen LogP contribution is -2.45. The maximum Gasteiger partial charge on any atom is 0.336 e. The monoisotopic (exact) mass is 791 g/mol. The lowest BCUT2D eigenvalue weighted by Gasteiger charge is -2.32. The number of fused-ring (bicyclic) bond motifs is 1. The summed E-state index contributed by atoms with van der Waals surface area (Å²) < 4.78 is 27.7. The van der Waals surface area contributed by atoms with Crippen LogP contribution in [0.4, 0.5) is 5.69 Å². The standard InChI is InChI=1S/C41H46ClN3O9S/c1-7-53-41(49)36-31(43-25(2)34(40(48)51-6)35(36)29-12-8-9-13-30(29)42)24-52-23-22-44(4)20-21-45-32-14-10-11-15-33(32)55-38(37(39(45)47)54-26(3)46)27-16-18-28(50-5)19-17-27/h8-19,34-35,37-38H,7,20-24H2,1-6H3/t34?,35?,37-,38+/m1/s1. The van der Waals surface area contributed by atoms with Crippen molar-refractivity contribution >= 4 is 58.6 Å². The third-order valence-electron chi connectivity index (χ3n) is 9.40. The summed E-state index contributed by atoms with van der Waals surface area (Å²) in [5.41, 5.74) is 3.13. The van der Waals surface area contributed by atoms with Crippen LogP contribution in [0.15, 0.2) is 94.0 Å². The Morgan fingerprint density at radius 3 is 2.36 bits per heavy atom. The van der Waals surface area contributed by atoms with Crippen LogP contribution in [0, 0.1) is 5.92 Å². The largest absolute Gasteiger partial charge is 0.497 e. The second kappa shape index (κ2) is 19.3. The zero-order valence-electron chi connectivity index (χ0n) is 31.8. The highest BCUT2D eigenvalue weighted by Crippen LogP contribution is 2.47. The highest BCUT2D eigenvalue weighted by atomic mass is 35.5. The van der Waals surface area contributed by atoms with E-state index < -0.39 is 41.1 Å². The minimum absolute atomic E-state index is 0.0276. The summed E-state index contributed by atoms with van der Waals surface area (Å²) in [5.74, 6) is -3.04. The molecule has 3 aromatic rings. The van der Waals surface area contributed by atoms with Crippen LogP contribution < -0.4 is 9.64 Å². The molecule has 4 atom stereocenters. The fourth-order valence-electron chi connectivity index (χ4n) is 6.70. The Hall–Kier alpha value is -4.69. The van der Waals surface area contributed by atoms with E-state index in [2.05, 4.69) is 4.99 Å². The van der Waals surface area contributed by atoms with Crippen LogP contribution in [-0.4, -0.2) is 101 Å². The van der Waals surface area contributed by atoms with Gasteiger partial charge in [0.25, 0.3) is 5.91 Å². The van der Waals surface area contributed by atoms with Crippen LogP contribution in [-0.2, 0) is 38.1 Å². The number of hydrogen-bond donors (Lipinski definition) is 0. The number of esters is 3. The molecule has 1 amide bonds. The van der Waals surface area contributed by atoms with Crippen molar-refractivity contribution in [2.24, 2.45) is 10.9 Å². The van der Waals surface area contributed by atoms with Gasteiger partial charge in [0, 0.05) is 48.1 Å². The minimum atomic E-state index is -1.06. The number of carbonyl (C=O) groups is 4. The van der Waals surface area contributed by atoms with E-state index in [1.54, 1.807) is 50.1 Å². The Balaban J connectivity index is 1.31. The Morgan fingerprint density at radius 1 is 0.982 bits per heavy atom. The van der Waals surface area contributed by atoms with Gasteiger partial charge in [0.2, 0.25) is 0 Å². The Morgan fingerprint density at radius 2 is 1.69 bits per heavy atom. The fourth-order valence-corrected chi connectivity index (χ4v) is 8.27. The molecule has 2 aliphatic heterocycles. The van der Waals surface area contributed by atoms with Crippen molar-refractivity contribution in [3.8, 4) is 5.75 Å². The lowest BCUT2D eigenvalue weighted by atomic mass is 9.75.